The van der Waals surface area contributed by atoms with Gasteiger partial charge in [0.1, 0.15) is 0 Å². The molecule has 0 aromatic rings. The summed E-state index contributed by atoms with van der Waals surface area (Å²) in [5.74, 6) is 1.01. The molecule has 0 bridgehead atoms. The third-order valence-corrected chi connectivity index (χ3v) is 3.44. The van der Waals surface area contributed by atoms with Crippen molar-refractivity contribution in [2.45, 2.75) is 72.3 Å². The van der Waals surface area contributed by atoms with Crippen LogP contribution >= 0.6 is 0 Å². The van der Waals surface area contributed by atoms with Gasteiger partial charge in [-0.15, -0.1) is 0 Å². The van der Waals surface area contributed by atoms with Crippen molar-refractivity contribution in [1.82, 2.24) is 5.32 Å². The molecule has 1 rings (SSSR count). The van der Waals surface area contributed by atoms with Crippen molar-refractivity contribution in [2.75, 3.05) is 6.54 Å². The Bertz CT molecular complexity index is 163. The Morgan fingerprint density at radius 1 is 1.20 bits per heavy atom. The van der Waals surface area contributed by atoms with Gasteiger partial charge in [-0.2, -0.15) is 0 Å². The Kier molecular flexibility index (Phi) is 5.11. The minimum atomic E-state index is 0.464. The minimum Gasteiger partial charge on any atom is -0.314 e. The van der Waals surface area contributed by atoms with Crippen LogP contribution < -0.4 is 5.32 Å². The summed E-state index contributed by atoms with van der Waals surface area (Å²) in [6.45, 7) is 10.4. The van der Waals surface area contributed by atoms with Gasteiger partial charge in [-0.3, -0.25) is 0 Å². The molecule has 1 aliphatic carbocycles. The van der Waals surface area contributed by atoms with Crippen molar-refractivity contribution in [3.8, 4) is 0 Å². The van der Waals surface area contributed by atoms with E-state index >= 15 is 0 Å². The predicted molar refractivity (Wildman–Crippen MR) is 68.1 cm³/mol. The zero-order valence-corrected chi connectivity index (χ0v) is 11.1. The van der Waals surface area contributed by atoms with Gasteiger partial charge in [-0.05, 0) is 30.7 Å². The quantitative estimate of drug-likeness (QED) is 0.725. The number of hydrogen-bond donors (Lipinski definition) is 1. The molecule has 1 nitrogen and oxygen atoms in total. The van der Waals surface area contributed by atoms with Gasteiger partial charge in [0.2, 0.25) is 0 Å². The highest BCUT2D eigenvalue weighted by molar-refractivity contribution is 4.79. The number of rotatable bonds is 5. The highest BCUT2D eigenvalue weighted by Gasteiger charge is 2.23. The van der Waals surface area contributed by atoms with Crippen LogP contribution in [0.15, 0.2) is 0 Å². The van der Waals surface area contributed by atoms with Gasteiger partial charge >= 0.3 is 0 Å². The van der Waals surface area contributed by atoms with E-state index in [1.807, 2.05) is 0 Å². The van der Waals surface area contributed by atoms with E-state index in [0.29, 0.717) is 5.41 Å². The fraction of sp³-hybridized carbons (Fsp3) is 1.00. The van der Waals surface area contributed by atoms with Crippen LogP contribution in [-0.4, -0.2) is 12.6 Å². The molecule has 1 aliphatic rings. The normalized spacial score (nSPS) is 20.8. The third kappa shape index (κ3) is 5.55. The van der Waals surface area contributed by atoms with Gasteiger partial charge in [-0.1, -0.05) is 53.4 Å². The second-order valence-electron chi connectivity index (χ2n) is 6.41. The van der Waals surface area contributed by atoms with Crippen LogP contribution in [0.5, 0.6) is 0 Å². The molecule has 90 valence electrons. The molecule has 1 N–H and O–H groups in total. The van der Waals surface area contributed by atoms with Crippen LogP contribution in [0, 0.1) is 11.3 Å². The summed E-state index contributed by atoms with van der Waals surface area (Å²) >= 11 is 0. The molecule has 0 aliphatic heterocycles. The van der Waals surface area contributed by atoms with E-state index < -0.39 is 0 Å². The average molecular weight is 211 g/mol. The molecule has 1 saturated carbocycles. The standard InChI is InChI=1S/C14H29N/c1-5-15-13(11-14(2,3)4)10-12-8-6-7-9-12/h12-13,15H,5-11H2,1-4H3. The van der Waals surface area contributed by atoms with E-state index in [9.17, 15) is 0 Å². The Morgan fingerprint density at radius 3 is 2.27 bits per heavy atom. The zero-order chi connectivity index (χ0) is 11.3. The van der Waals surface area contributed by atoms with Gasteiger partial charge in [0, 0.05) is 6.04 Å². The molecule has 1 atom stereocenters. The first-order valence-corrected chi connectivity index (χ1v) is 6.74. The van der Waals surface area contributed by atoms with Gasteiger partial charge in [0.05, 0.1) is 0 Å². The van der Waals surface area contributed by atoms with Crippen molar-refractivity contribution in [3.05, 3.63) is 0 Å². The second kappa shape index (κ2) is 5.89. The molecule has 0 aromatic carbocycles. The summed E-state index contributed by atoms with van der Waals surface area (Å²) in [4.78, 5) is 0. The van der Waals surface area contributed by atoms with Gasteiger partial charge in [0.25, 0.3) is 0 Å². The van der Waals surface area contributed by atoms with Crippen LogP contribution in [0.3, 0.4) is 0 Å². The summed E-state index contributed by atoms with van der Waals surface area (Å²) in [5.41, 5.74) is 0.464. The first-order valence-electron chi connectivity index (χ1n) is 6.74. The van der Waals surface area contributed by atoms with Gasteiger partial charge in [-0.25, -0.2) is 0 Å². The molecular weight excluding hydrogens is 182 g/mol. The van der Waals surface area contributed by atoms with Crippen LogP contribution in [0.1, 0.15) is 66.2 Å². The average Bonchev–Trinajstić information content (AvgIpc) is 2.54. The minimum absolute atomic E-state index is 0.464. The largest absolute Gasteiger partial charge is 0.314 e. The highest BCUT2D eigenvalue weighted by atomic mass is 14.9. The molecule has 1 unspecified atom stereocenters. The predicted octanol–water partition coefficient (Wildman–Crippen LogP) is 3.98. The van der Waals surface area contributed by atoms with E-state index in [-0.39, 0.29) is 0 Å². The van der Waals surface area contributed by atoms with Crippen molar-refractivity contribution < 1.29 is 0 Å². The monoisotopic (exact) mass is 211 g/mol. The Labute approximate surface area is 96.0 Å². The van der Waals surface area contributed by atoms with E-state index in [1.165, 1.54) is 38.5 Å². The first-order chi connectivity index (χ1) is 7.01. The Balaban J connectivity index is 2.35. The van der Waals surface area contributed by atoms with E-state index in [2.05, 4.69) is 33.0 Å². The third-order valence-electron chi connectivity index (χ3n) is 3.44. The summed E-state index contributed by atoms with van der Waals surface area (Å²) in [7, 11) is 0. The molecular formula is C14H29N. The van der Waals surface area contributed by atoms with E-state index in [0.717, 1.165) is 18.5 Å². The Morgan fingerprint density at radius 2 is 1.80 bits per heavy atom. The lowest BCUT2D eigenvalue weighted by Gasteiger charge is -2.28. The molecule has 0 saturated heterocycles. The topological polar surface area (TPSA) is 12.0 Å². The maximum Gasteiger partial charge on any atom is 0.00745 e. The maximum atomic E-state index is 3.67. The fourth-order valence-corrected chi connectivity index (χ4v) is 2.92. The molecule has 0 spiro atoms. The number of hydrogen-bond acceptors (Lipinski definition) is 1. The highest BCUT2D eigenvalue weighted by Crippen LogP contribution is 2.31. The van der Waals surface area contributed by atoms with Crippen LogP contribution in [-0.2, 0) is 0 Å². The Hall–Kier alpha value is -0.0400. The van der Waals surface area contributed by atoms with Crippen molar-refractivity contribution >= 4 is 0 Å². The SMILES string of the molecule is CCNC(CC1CCCC1)CC(C)(C)C. The maximum absolute atomic E-state index is 3.67. The zero-order valence-electron chi connectivity index (χ0n) is 11.1. The summed E-state index contributed by atoms with van der Waals surface area (Å²) < 4.78 is 0. The van der Waals surface area contributed by atoms with Gasteiger partial charge < -0.3 is 5.32 Å². The molecule has 1 heteroatoms. The fourth-order valence-electron chi connectivity index (χ4n) is 2.92. The molecule has 0 heterocycles. The van der Waals surface area contributed by atoms with Crippen molar-refractivity contribution in [2.24, 2.45) is 11.3 Å². The van der Waals surface area contributed by atoms with Crippen LogP contribution in [0.2, 0.25) is 0 Å². The van der Waals surface area contributed by atoms with E-state index in [1.54, 1.807) is 0 Å². The van der Waals surface area contributed by atoms with Crippen LogP contribution in [0.25, 0.3) is 0 Å². The molecule has 0 radical (unpaired) electrons. The second-order valence-corrected chi connectivity index (χ2v) is 6.41. The molecule has 0 aromatic heterocycles. The molecule has 15 heavy (non-hydrogen) atoms. The van der Waals surface area contributed by atoms with Gasteiger partial charge in [0.15, 0.2) is 0 Å². The lowest BCUT2D eigenvalue weighted by Crippen LogP contribution is -2.34. The lowest BCUT2D eigenvalue weighted by molar-refractivity contribution is 0.275. The summed E-state index contributed by atoms with van der Waals surface area (Å²) in [6.07, 6.45) is 8.62. The summed E-state index contributed by atoms with van der Waals surface area (Å²) in [6, 6.07) is 0.748. The summed E-state index contributed by atoms with van der Waals surface area (Å²) in [5, 5.41) is 3.67. The number of nitrogens with one attached hydrogen (secondary N) is 1. The van der Waals surface area contributed by atoms with E-state index in [4.69, 9.17) is 0 Å². The first kappa shape index (κ1) is 13.0. The van der Waals surface area contributed by atoms with Crippen molar-refractivity contribution in [1.29, 1.82) is 0 Å². The lowest BCUT2D eigenvalue weighted by atomic mass is 9.84. The van der Waals surface area contributed by atoms with Crippen LogP contribution in [0.4, 0.5) is 0 Å². The van der Waals surface area contributed by atoms with Crippen molar-refractivity contribution in [3.63, 3.8) is 0 Å². The molecule has 1 fully saturated rings. The molecule has 0 amide bonds. The smallest absolute Gasteiger partial charge is 0.00745 e.